The third kappa shape index (κ3) is 9.88. The lowest BCUT2D eigenvalue weighted by atomic mass is 9.76. The number of benzene rings is 1. The highest BCUT2D eigenvalue weighted by molar-refractivity contribution is 7.47. The van der Waals surface area contributed by atoms with E-state index in [-0.39, 0.29) is 0 Å². The van der Waals surface area contributed by atoms with Gasteiger partial charge in [0, 0.05) is 37.4 Å². The van der Waals surface area contributed by atoms with Gasteiger partial charge < -0.3 is 4.90 Å². The van der Waals surface area contributed by atoms with Crippen molar-refractivity contribution in [3.63, 3.8) is 0 Å². The molecular formula is C32H64NPSi2. The van der Waals surface area contributed by atoms with E-state index in [1.165, 1.54) is 30.0 Å². The first-order chi connectivity index (χ1) is 16.1. The minimum Gasteiger partial charge on any atom is -0.378 e. The predicted molar refractivity (Wildman–Crippen MR) is 178 cm³/mol. The summed E-state index contributed by atoms with van der Waals surface area (Å²) in [6.07, 6.45) is 4.22. The number of anilines is 1. The second kappa shape index (κ2) is 12.8. The molecule has 3 unspecified atom stereocenters. The maximum Gasteiger partial charge on any atom is 0.0382 e. The van der Waals surface area contributed by atoms with Gasteiger partial charge in [0.05, 0.1) is 0 Å². The third-order valence-electron chi connectivity index (χ3n) is 8.56. The zero-order valence-electron chi connectivity index (χ0n) is 27.3. The van der Waals surface area contributed by atoms with Crippen LogP contribution < -0.4 is 10.2 Å². The Morgan fingerprint density at radius 2 is 1.03 bits per heavy atom. The van der Waals surface area contributed by atoms with Crippen LogP contribution in [0.1, 0.15) is 95.9 Å². The first-order valence-corrected chi connectivity index (χ1v) is 20.8. The van der Waals surface area contributed by atoms with Crippen molar-refractivity contribution in [3.8, 4) is 0 Å². The normalized spacial score (nSPS) is 16.7. The van der Waals surface area contributed by atoms with Crippen LogP contribution in [0, 0.1) is 21.7 Å². The molecule has 3 atom stereocenters. The van der Waals surface area contributed by atoms with E-state index in [4.69, 9.17) is 0 Å². The van der Waals surface area contributed by atoms with E-state index >= 15 is 0 Å². The Morgan fingerprint density at radius 1 is 0.667 bits per heavy atom. The Bertz CT molecular complexity index is 709. The van der Waals surface area contributed by atoms with Crippen molar-refractivity contribution < 1.29 is 0 Å². The summed E-state index contributed by atoms with van der Waals surface area (Å²) >= 11 is 0. The fraction of sp³-hybridized carbons (Fsp3) is 0.812. The molecule has 0 aliphatic carbocycles. The van der Waals surface area contributed by atoms with Crippen LogP contribution in [-0.2, 0) is 0 Å². The van der Waals surface area contributed by atoms with Crippen LogP contribution in [0.3, 0.4) is 0 Å². The van der Waals surface area contributed by atoms with Crippen LogP contribution >= 0.6 is 8.58 Å². The van der Waals surface area contributed by atoms with Gasteiger partial charge in [-0.05, 0) is 62.8 Å². The summed E-state index contributed by atoms with van der Waals surface area (Å²) in [5.41, 5.74) is 4.53. The molecule has 0 aliphatic rings. The van der Waals surface area contributed by atoms with Gasteiger partial charge in [-0.15, -0.1) is 0 Å². The van der Waals surface area contributed by atoms with E-state index in [1.54, 1.807) is 0 Å². The van der Waals surface area contributed by atoms with E-state index in [1.807, 2.05) is 0 Å². The Morgan fingerprint density at radius 3 is 1.33 bits per heavy atom. The molecule has 1 aromatic rings. The maximum atomic E-state index is 2.78. The van der Waals surface area contributed by atoms with E-state index in [0.717, 1.165) is 24.8 Å². The first-order valence-electron chi connectivity index (χ1n) is 14.6. The van der Waals surface area contributed by atoms with Crippen LogP contribution in [0.2, 0.25) is 29.3 Å². The zero-order valence-corrected chi connectivity index (χ0v) is 30.6. The summed E-state index contributed by atoms with van der Waals surface area (Å²) in [5.74, 6) is 0. The van der Waals surface area contributed by atoms with Crippen molar-refractivity contribution in [2.45, 2.75) is 125 Å². The predicted octanol–water partition coefficient (Wildman–Crippen LogP) is 9.38. The highest BCUT2D eigenvalue weighted by atomic mass is 31.1. The van der Waals surface area contributed by atoms with Crippen LogP contribution in [0.5, 0.6) is 0 Å². The lowest BCUT2D eigenvalue weighted by Crippen LogP contribution is -2.48. The van der Waals surface area contributed by atoms with Crippen molar-refractivity contribution in [2.24, 2.45) is 21.7 Å². The molecule has 0 aliphatic heterocycles. The SMILES string of the molecule is CN(C)c1ccc(PCCCC([SiH](C)C(C(C)(C)C)C(C)(C)C)[SiH](C)C(C(C)(C)C)C(C)(C)C)cc1. The summed E-state index contributed by atoms with van der Waals surface area (Å²) in [6.45, 7) is 35.9. The molecule has 4 heteroatoms. The summed E-state index contributed by atoms with van der Waals surface area (Å²) in [6, 6.07) is 9.27. The molecule has 210 valence electrons. The van der Waals surface area contributed by atoms with Gasteiger partial charge in [0.2, 0.25) is 0 Å². The van der Waals surface area contributed by atoms with Crippen LogP contribution in [0.4, 0.5) is 5.69 Å². The second-order valence-electron chi connectivity index (χ2n) is 16.3. The Hall–Kier alpha value is -0.116. The second-order valence-corrected chi connectivity index (χ2v) is 25.0. The van der Waals surface area contributed by atoms with Crippen molar-refractivity contribution >= 4 is 37.2 Å². The number of nitrogens with zero attached hydrogens (tertiary/aromatic N) is 1. The van der Waals surface area contributed by atoms with E-state index in [9.17, 15) is 0 Å². The van der Waals surface area contributed by atoms with Crippen molar-refractivity contribution in [2.75, 3.05) is 25.2 Å². The Labute approximate surface area is 233 Å². The fourth-order valence-corrected chi connectivity index (χ4v) is 23.8. The molecule has 0 N–H and O–H groups in total. The molecule has 0 saturated heterocycles. The minimum atomic E-state index is -1.02. The van der Waals surface area contributed by atoms with Gasteiger partial charge in [-0.1, -0.05) is 128 Å². The van der Waals surface area contributed by atoms with Gasteiger partial charge in [0.1, 0.15) is 0 Å². The van der Waals surface area contributed by atoms with Gasteiger partial charge in [-0.25, -0.2) is 0 Å². The minimum absolute atomic E-state index is 0.380. The summed E-state index contributed by atoms with van der Waals surface area (Å²) in [4.78, 5) is 2.19. The van der Waals surface area contributed by atoms with E-state index in [2.05, 4.69) is 139 Å². The standard InChI is InChI=1S/C32H64NPSi2/c1-29(2,3)27(30(4,5)6)35(15)26(36(16)28(31(7,8)9)32(10,11)12)18-17-23-34-25-21-19-24(20-22-25)33(13)14/h19-22,26-28,34-36H,17-18,23H2,1-16H3. The lowest BCUT2D eigenvalue weighted by Gasteiger charge is -2.52. The topological polar surface area (TPSA) is 3.24 Å². The Kier molecular flexibility index (Phi) is 12.1. The summed E-state index contributed by atoms with van der Waals surface area (Å²) in [5, 5.41) is 2.54. The van der Waals surface area contributed by atoms with E-state index < -0.39 is 17.6 Å². The molecule has 1 nitrogen and oxygen atoms in total. The first kappa shape index (κ1) is 33.9. The summed E-state index contributed by atoms with van der Waals surface area (Å²) < 4.78 is 0. The van der Waals surface area contributed by atoms with Gasteiger partial charge in [-0.2, -0.15) is 0 Å². The van der Waals surface area contributed by atoms with Gasteiger partial charge in [0.25, 0.3) is 0 Å². The zero-order chi connectivity index (χ0) is 28.3. The van der Waals surface area contributed by atoms with Gasteiger partial charge >= 0.3 is 0 Å². The van der Waals surface area contributed by atoms with Crippen LogP contribution in [0.15, 0.2) is 24.3 Å². The molecule has 1 aromatic carbocycles. The monoisotopic (exact) mass is 549 g/mol. The Balaban J connectivity index is 3.21. The van der Waals surface area contributed by atoms with Gasteiger partial charge in [-0.3, -0.25) is 0 Å². The van der Waals surface area contributed by atoms with Crippen LogP contribution in [0.25, 0.3) is 0 Å². The molecule has 0 spiro atoms. The number of hydrogen-bond acceptors (Lipinski definition) is 1. The fourth-order valence-electron chi connectivity index (χ4n) is 8.70. The quantitative estimate of drug-likeness (QED) is 0.160. The highest BCUT2D eigenvalue weighted by Gasteiger charge is 2.48. The van der Waals surface area contributed by atoms with Crippen LogP contribution in [-0.4, -0.2) is 37.9 Å². The molecule has 1 rings (SSSR count). The number of rotatable bonds is 10. The lowest BCUT2D eigenvalue weighted by molar-refractivity contribution is 0.223. The third-order valence-corrected chi connectivity index (χ3v) is 23.0. The maximum absolute atomic E-state index is 2.78. The molecule has 0 bridgehead atoms. The van der Waals surface area contributed by atoms with Crippen molar-refractivity contribution in [1.29, 1.82) is 0 Å². The smallest absolute Gasteiger partial charge is 0.0382 e. The number of hydrogen-bond donors (Lipinski definition) is 0. The van der Waals surface area contributed by atoms with Crippen molar-refractivity contribution in [1.82, 2.24) is 0 Å². The molecular weight excluding hydrogens is 486 g/mol. The molecule has 0 aromatic heterocycles. The molecule has 0 radical (unpaired) electrons. The summed E-state index contributed by atoms with van der Waals surface area (Å²) in [7, 11) is 3.16. The average Bonchev–Trinajstić information content (AvgIpc) is 2.63. The van der Waals surface area contributed by atoms with Crippen molar-refractivity contribution in [3.05, 3.63) is 24.3 Å². The molecule has 0 heterocycles. The average molecular weight is 550 g/mol. The highest BCUT2D eigenvalue weighted by Crippen LogP contribution is 2.55. The largest absolute Gasteiger partial charge is 0.378 e. The molecule has 0 saturated carbocycles. The van der Waals surface area contributed by atoms with E-state index in [0.29, 0.717) is 21.7 Å². The molecule has 36 heavy (non-hydrogen) atoms. The van der Waals surface area contributed by atoms with Gasteiger partial charge in [0.15, 0.2) is 0 Å². The molecule has 0 amide bonds. The molecule has 0 fully saturated rings.